The molecule has 2 N–H and O–H groups in total. The lowest BCUT2D eigenvalue weighted by molar-refractivity contribution is -0.123. The highest BCUT2D eigenvalue weighted by atomic mass is 35.5. The van der Waals surface area contributed by atoms with E-state index < -0.39 is 17.8 Å². The van der Waals surface area contributed by atoms with Gasteiger partial charge in [-0.15, -0.1) is 0 Å². The molecule has 0 unspecified atom stereocenters. The third-order valence-corrected chi connectivity index (χ3v) is 4.52. The number of halogens is 2. The van der Waals surface area contributed by atoms with Crippen molar-refractivity contribution in [1.29, 1.82) is 0 Å². The second-order valence-corrected chi connectivity index (χ2v) is 6.77. The summed E-state index contributed by atoms with van der Waals surface area (Å²) in [4.78, 5) is 34.9. The van der Waals surface area contributed by atoms with Crippen LogP contribution >= 0.6 is 23.2 Å². The van der Waals surface area contributed by atoms with Gasteiger partial charge in [0.2, 0.25) is 0 Å². The predicted octanol–water partition coefficient (Wildman–Crippen LogP) is 3.21. The van der Waals surface area contributed by atoms with Gasteiger partial charge in [0.05, 0.1) is 17.2 Å². The maximum Gasteiger partial charge on any atom is 0.328 e. The number of hydrogen-bond acceptors (Lipinski definition) is 6. The van der Waals surface area contributed by atoms with Gasteiger partial charge in [-0.2, -0.15) is 0 Å². The van der Waals surface area contributed by atoms with Gasteiger partial charge in [-0.1, -0.05) is 35.3 Å². The standard InChI is InChI=1S/C20H16Cl2N2O6/c1-28-16-10-11(8-12-18(25)23-20(27)24-19(12)26)9-14(22)17(16)30-7-6-29-15-5-3-2-4-13(15)21/h2-5,8-10H,6-7H2,1H3,(H2,23,24,25,26,27). The highest BCUT2D eigenvalue weighted by molar-refractivity contribution is 6.33. The van der Waals surface area contributed by atoms with Gasteiger partial charge in [-0.25, -0.2) is 4.79 Å². The van der Waals surface area contributed by atoms with E-state index in [9.17, 15) is 14.4 Å². The zero-order valence-electron chi connectivity index (χ0n) is 15.7. The lowest BCUT2D eigenvalue weighted by atomic mass is 10.1. The molecule has 4 amide bonds. The topological polar surface area (TPSA) is 103 Å². The monoisotopic (exact) mass is 450 g/mol. The molecular formula is C20H16Cl2N2O6. The van der Waals surface area contributed by atoms with E-state index in [1.807, 2.05) is 10.6 Å². The largest absolute Gasteiger partial charge is 0.493 e. The second-order valence-electron chi connectivity index (χ2n) is 5.96. The number of imide groups is 2. The molecule has 0 bridgehead atoms. The maximum absolute atomic E-state index is 11.9. The minimum atomic E-state index is -0.875. The number of rotatable bonds is 7. The molecule has 1 aliphatic rings. The molecule has 1 heterocycles. The second kappa shape index (κ2) is 9.51. The van der Waals surface area contributed by atoms with Crippen LogP contribution in [0, 0.1) is 0 Å². The van der Waals surface area contributed by atoms with E-state index in [-0.39, 0.29) is 29.6 Å². The molecule has 10 heteroatoms. The minimum Gasteiger partial charge on any atom is -0.493 e. The summed E-state index contributed by atoms with van der Waals surface area (Å²) in [7, 11) is 1.42. The third-order valence-electron chi connectivity index (χ3n) is 3.93. The smallest absolute Gasteiger partial charge is 0.328 e. The molecule has 3 rings (SSSR count). The quantitative estimate of drug-likeness (QED) is 0.381. The zero-order chi connectivity index (χ0) is 21.7. The molecule has 0 aromatic heterocycles. The van der Waals surface area contributed by atoms with Crippen LogP contribution in [0.25, 0.3) is 6.08 Å². The Balaban J connectivity index is 1.72. The highest BCUT2D eigenvalue weighted by Gasteiger charge is 2.27. The maximum atomic E-state index is 11.9. The van der Waals surface area contributed by atoms with Gasteiger partial charge in [0.25, 0.3) is 11.8 Å². The third kappa shape index (κ3) is 5.03. The van der Waals surface area contributed by atoms with Crippen LogP contribution in [0.2, 0.25) is 10.0 Å². The first-order chi connectivity index (χ1) is 14.4. The molecule has 0 radical (unpaired) electrons. The summed E-state index contributed by atoms with van der Waals surface area (Å²) in [5.74, 6) is -0.520. The Morgan fingerprint density at radius 2 is 1.57 bits per heavy atom. The van der Waals surface area contributed by atoms with E-state index in [1.165, 1.54) is 19.3 Å². The first-order valence-electron chi connectivity index (χ1n) is 8.65. The van der Waals surface area contributed by atoms with Gasteiger partial charge in [0, 0.05) is 0 Å². The Morgan fingerprint density at radius 1 is 0.900 bits per heavy atom. The average molecular weight is 451 g/mol. The Labute approximate surface area is 181 Å². The summed E-state index contributed by atoms with van der Waals surface area (Å²) in [6.45, 7) is 0.373. The molecule has 0 atom stereocenters. The number of urea groups is 1. The molecule has 2 aromatic rings. The molecule has 0 saturated carbocycles. The highest BCUT2D eigenvalue weighted by Crippen LogP contribution is 2.37. The summed E-state index contributed by atoms with van der Waals surface area (Å²) in [5.41, 5.74) is 0.167. The Kier molecular flexibility index (Phi) is 6.81. The molecule has 156 valence electrons. The van der Waals surface area contributed by atoms with Crippen LogP contribution < -0.4 is 24.8 Å². The fourth-order valence-corrected chi connectivity index (χ4v) is 3.06. The number of amides is 4. The molecule has 1 aliphatic heterocycles. The number of barbiturate groups is 1. The number of hydrogen-bond donors (Lipinski definition) is 2. The Hall–Kier alpha value is -3.23. The zero-order valence-corrected chi connectivity index (χ0v) is 17.2. The number of methoxy groups -OCH3 is 1. The number of para-hydroxylation sites is 1. The van der Waals surface area contributed by atoms with Crippen LogP contribution in [-0.2, 0) is 9.59 Å². The summed E-state index contributed by atoms with van der Waals surface area (Å²) in [6.07, 6.45) is 1.29. The van der Waals surface area contributed by atoms with E-state index in [2.05, 4.69) is 0 Å². The van der Waals surface area contributed by atoms with Crippen LogP contribution in [0.1, 0.15) is 5.56 Å². The Morgan fingerprint density at radius 3 is 2.23 bits per heavy atom. The van der Waals surface area contributed by atoms with E-state index >= 15 is 0 Å². The molecule has 0 spiro atoms. The fraction of sp³-hybridized carbons (Fsp3) is 0.150. The van der Waals surface area contributed by atoms with Crippen molar-refractivity contribution in [1.82, 2.24) is 10.6 Å². The average Bonchev–Trinajstić information content (AvgIpc) is 2.70. The van der Waals surface area contributed by atoms with Crippen molar-refractivity contribution in [2.24, 2.45) is 0 Å². The lowest BCUT2D eigenvalue weighted by Crippen LogP contribution is -2.51. The number of carbonyl (C=O) groups excluding carboxylic acids is 3. The molecule has 2 aromatic carbocycles. The van der Waals surface area contributed by atoms with Crippen LogP contribution in [0.5, 0.6) is 17.2 Å². The van der Waals surface area contributed by atoms with Gasteiger partial charge in [0.1, 0.15) is 24.5 Å². The molecule has 1 saturated heterocycles. The first kappa shape index (κ1) is 21.5. The summed E-state index contributed by atoms with van der Waals surface area (Å²) in [5, 5.41) is 4.68. The van der Waals surface area contributed by atoms with Gasteiger partial charge >= 0.3 is 6.03 Å². The molecular weight excluding hydrogens is 435 g/mol. The normalized spacial score (nSPS) is 13.4. The fourth-order valence-electron chi connectivity index (χ4n) is 2.59. The van der Waals surface area contributed by atoms with Crippen LogP contribution in [-0.4, -0.2) is 38.2 Å². The number of ether oxygens (including phenoxy) is 3. The van der Waals surface area contributed by atoms with Gasteiger partial charge < -0.3 is 14.2 Å². The van der Waals surface area contributed by atoms with Crippen LogP contribution in [0.4, 0.5) is 4.79 Å². The van der Waals surface area contributed by atoms with Crippen molar-refractivity contribution in [2.45, 2.75) is 0 Å². The van der Waals surface area contributed by atoms with Crippen molar-refractivity contribution in [3.63, 3.8) is 0 Å². The van der Waals surface area contributed by atoms with E-state index in [0.29, 0.717) is 22.1 Å². The van der Waals surface area contributed by atoms with Crippen molar-refractivity contribution in [3.05, 3.63) is 57.6 Å². The molecule has 30 heavy (non-hydrogen) atoms. The summed E-state index contributed by atoms with van der Waals surface area (Å²) < 4.78 is 16.5. The number of nitrogens with one attached hydrogen (secondary N) is 2. The lowest BCUT2D eigenvalue weighted by Gasteiger charge is -2.16. The van der Waals surface area contributed by atoms with Gasteiger partial charge in [-0.05, 0) is 35.9 Å². The van der Waals surface area contributed by atoms with Crippen molar-refractivity contribution >= 4 is 47.1 Å². The predicted molar refractivity (Wildman–Crippen MR) is 110 cm³/mol. The van der Waals surface area contributed by atoms with Gasteiger partial charge in [0.15, 0.2) is 11.5 Å². The number of benzene rings is 2. The molecule has 1 fully saturated rings. The van der Waals surface area contributed by atoms with Gasteiger partial charge in [-0.3, -0.25) is 20.2 Å². The van der Waals surface area contributed by atoms with Crippen molar-refractivity contribution < 1.29 is 28.6 Å². The summed E-state index contributed by atoms with van der Waals surface area (Å²) >= 11 is 12.3. The molecule has 8 nitrogen and oxygen atoms in total. The minimum absolute atomic E-state index is 0.161. The first-order valence-corrected chi connectivity index (χ1v) is 9.40. The Bertz CT molecular complexity index is 1020. The van der Waals surface area contributed by atoms with Crippen LogP contribution in [0.15, 0.2) is 42.0 Å². The van der Waals surface area contributed by atoms with E-state index in [4.69, 9.17) is 37.4 Å². The van der Waals surface area contributed by atoms with Crippen molar-refractivity contribution in [3.8, 4) is 17.2 Å². The van der Waals surface area contributed by atoms with E-state index in [1.54, 1.807) is 30.3 Å². The van der Waals surface area contributed by atoms with Crippen LogP contribution in [0.3, 0.4) is 0 Å². The van der Waals surface area contributed by atoms with E-state index in [0.717, 1.165) is 0 Å². The SMILES string of the molecule is COc1cc(C=C2C(=O)NC(=O)NC2=O)cc(Cl)c1OCCOc1ccccc1Cl. The van der Waals surface area contributed by atoms with Crippen molar-refractivity contribution in [2.75, 3.05) is 20.3 Å². The summed E-state index contributed by atoms with van der Waals surface area (Å²) in [6, 6.07) is 9.22. The number of carbonyl (C=O) groups is 3. The molecule has 0 aliphatic carbocycles.